The fourth-order valence-electron chi connectivity index (χ4n) is 1.98. The monoisotopic (exact) mass is 252 g/mol. The Morgan fingerprint density at radius 2 is 2.50 bits per heavy atom. The van der Waals surface area contributed by atoms with Gasteiger partial charge in [-0.25, -0.2) is 4.79 Å². The number of nitrogens with one attached hydrogen (secondary N) is 2. The van der Waals surface area contributed by atoms with Gasteiger partial charge in [-0.05, 0) is 31.9 Å². The van der Waals surface area contributed by atoms with Crippen molar-refractivity contribution < 1.29 is 13.9 Å². The van der Waals surface area contributed by atoms with Crippen molar-refractivity contribution in [2.24, 2.45) is 0 Å². The van der Waals surface area contributed by atoms with E-state index in [2.05, 4.69) is 10.6 Å². The van der Waals surface area contributed by atoms with E-state index in [9.17, 15) is 4.79 Å². The molecule has 18 heavy (non-hydrogen) atoms. The summed E-state index contributed by atoms with van der Waals surface area (Å²) in [5.74, 6) is 0.952. The zero-order valence-corrected chi connectivity index (χ0v) is 10.6. The first-order valence-electron chi connectivity index (χ1n) is 6.41. The Bertz CT molecular complexity index is 358. The molecule has 1 aromatic rings. The van der Waals surface area contributed by atoms with E-state index in [1.807, 2.05) is 19.1 Å². The van der Waals surface area contributed by atoms with Crippen molar-refractivity contribution in [1.82, 2.24) is 10.6 Å². The number of carbonyl (C=O) groups excluding carboxylic acids is 1. The second-order valence-corrected chi connectivity index (χ2v) is 4.70. The van der Waals surface area contributed by atoms with E-state index >= 15 is 0 Å². The molecule has 2 unspecified atom stereocenters. The molecule has 1 aliphatic rings. The summed E-state index contributed by atoms with van der Waals surface area (Å²) in [6, 6.07) is 3.99. The smallest absolute Gasteiger partial charge is 0.315 e. The standard InChI is InChI=1S/C13H20N2O3/c1-10(4-5-12-3-2-7-18-12)14-13(16)15-11-6-8-17-9-11/h2-3,7,10-11H,4-6,8-9H2,1H3,(H2,14,15,16). The van der Waals surface area contributed by atoms with Crippen LogP contribution in [-0.4, -0.2) is 31.3 Å². The first-order valence-corrected chi connectivity index (χ1v) is 6.41. The van der Waals surface area contributed by atoms with Crippen LogP contribution in [0.4, 0.5) is 4.79 Å². The third-order valence-corrected chi connectivity index (χ3v) is 3.05. The number of rotatable bonds is 5. The van der Waals surface area contributed by atoms with Crippen molar-refractivity contribution in [3.8, 4) is 0 Å². The summed E-state index contributed by atoms with van der Waals surface area (Å²) in [7, 11) is 0. The van der Waals surface area contributed by atoms with Gasteiger partial charge in [0.25, 0.3) is 0 Å². The summed E-state index contributed by atoms with van der Waals surface area (Å²) in [4.78, 5) is 11.7. The first kappa shape index (κ1) is 13.0. The lowest BCUT2D eigenvalue weighted by Crippen LogP contribution is -2.45. The Kier molecular flexibility index (Phi) is 4.64. The number of furan rings is 1. The Balaban J connectivity index is 1.63. The maximum atomic E-state index is 11.7. The van der Waals surface area contributed by atoms with E-state index in [1.54, 1.807) is 6.26 Å². The molecule has 1 saturated heterocycles. The SMILES string of the molecule is CC(CCc1ccco1)NC(=O)NC1CCOC1. The highest BCUT2D eigenvalue weighted by Crippen LogP contribution is 2.06. The highest BCUT2D eigenvalue weighted by Gasteiger charge is 2.18. The van der Waals surface area contributed by atoms with Crippen LogP contribution in [0, 0.1) is 0 Å². The van der Waals surface area contributed by atoms with Crippen LogP contribution in [0.15, 0.2) is 22.8 Å². The molecule has 100 valence electrons. The molecule has 2 N–H and O–H groups in total. The first-order chi connectivity index (χ1) is 8.74. The zero-order chi connectivity index (χ0) is 12.8. The Morgan fingerprint density at radius 3 is 3.17 bits per heavy atom. The number of urea groups is 1. The third kappa shape index (κ3) is 4.07. The van der Waals surface area contributed by atoms with E-state index in [0.717, 1.165) is 31.6 Å². The molecule has 2 heterocycles. The minimum absolute atomic E-state index is 0.113. The van der Waals surface area contributed by atoms with Gasteiger partial charge >= 0.3 is 6.03 Å². The molecule has 1 aromatic heterocycles. The molecule has 0 radical (unpaired) electrons. The van der Waals surface area contributed by atoms with Crippen molar-refractivity contribution in [2.75, 3.05) is 13.2 Å². The van der Waals surface area contributed by atoms with Gasteiger partial charge in [0.05, 0.1) is 18.9 Å². The van der Waals surface area contributed by atoms with E-state index in [4.69, 9.17) is 9.15 Å². The number of hydrogen-bond acceptors (Lipinski definition) is 3. The molecule has 0 spiro atoms. The average Bonchev–Trinajstić information content (AvgIpc) is 2.98. The zero-order valence-electron chi connectivity index (χ0n) is 10.6. The maximum absolute atomic E-state index is 11.7. The molecule has 2 rings (SSSR count). The van der Waals surface area contributed by atoms with Crippen LogP contribution < -0.4 is 10.6 Å². The van der Waals surface area contributed by atoms with Gasteiger partial charge in [0, 0.05) is 19.1 Å². The van der Waals surface area contributed by atoms with E-state index in [-0.39, 0.29) is 18.1 Å². The lowest BCUT2D eigenvalue weighted by atomic mass is 10.1. The highest BCUT2D eigenvalue weighted by atomic mass is 16.5. The van der Waals surface area contributed by atoms with Gasteiger partial charge in [0.1, 0.15) is 5.76 Å². The van der Waals surface area contributed by atoms with Gasteiger partial charge < -0.3 is 19.8 Å². The largest absolute Gasteiger partial charge is 0.469 e. The summed E-state index contributed by atoms with van der Waals surface area (Å²) in [5, 5.41) is 5.83. The predicted octanol–water partition coefficient (Wildman–Crippen LogP) is 1.69. The fraction of sp³-hybridized carbons (Fsp3) is 0.615. The van der Waals surface area contributed by atoms with Crippen LogP contribution in [-0.2, 0) is 11.2 Å². The fourth-order valence-corrected chi connectivity index (χ4v) is 1.98. The third-order valence-electron chi connectivity index (χ3n) is 3.05. The van der Waals surface area contributed by atoms with E-state index in [0.29, 0.717) is 6.61 Å². The maximum Gasteiger partial charge on any atom is 0.315 e. The van der Waals surface area contributed by atoms with Crippen molar-refractivity contribution in [2.45, 2.75) is 38.3 Å². The molecular weight excluding hydrogens is 232 g/mol. The minimum Gasteiger partial charge on any atom is -0.469 e. The molecule has 2 atom stereocenters. The van der Waals surface area contributed by atoms with Gasteiger partial charge in [-0.2, -0.15) is 0 Å². The predicted molar refractivity (Wildman–Crippen MR) is 67.4 cm³/mol. The van der Waals surface area contributed by atoms with Crippen LogP contribution in [0.3, 0.4) is 0 Å². The minimum atomic E-state index is -0.113. The molecule has 0 bridgehead atoms. The summed E-state index contributed by atoms with van der Waals surface area (Å²) >= 11 is 0. The summed E-state index contributed by atoms with van der Waals surface area (Å²) in [6.07, 6.45) is 4.26. The molecular formula is C13H20N2O3. The van der Waals surface area contributed by atoms with Crippen LogP contribution in [0.25, 0.3) is 0 Å². The number of amides is 2. The van der Waals surface area contributed by atoms with Gasteiger partial charge in [-0.3, -0.25) is 0 Å². The number of carbonyl (C=O) groups is 1. The normalized spacial score (nSPS) is 20.6. The molecule has 5 nitrogen and oxygen atoms in total. The van der Waals surface area contributed by atoms with Crippen molar-refractivity contribution in [3.05, 3.63) is 24.2 Å². The van der Waals surface area contributed by atoms with Crippen LogP contribution in [0.1, 0.15) is 25.5 Å². The lowest BCUT2D eigenvalue weighted by Gasteiger charge is -2.16. The van der Waals surface area contributed by atoms with Gasteiger partial charge in [-0.1, -0.05) is 0 Å². The number of hydrogen-bond donors (Lipinski definition) is 2. The van der Waals surface area contributed by atoms with Crippen LogP contribution in [0.5, 0.6) is 0 Å². The number of aryl methyl sites for hydroxylation is 1. The van der Waals surface area contributed by atoms with E-state index < -0.39 is 0 Å². The van der Waals surface area contributed by atoms with Crippen molar-refractivity contribution >= 4 is 6.03 Å². The number of ether oxygens (including phenoxy) is 1. The van der Waals surface area contributed by atoms with Crippen LogP contribution >= 0.6 is 0 Å². The molecule has 1 aliphatic heterocycles. The summed E-state index contributed by atoms with van der Waals surface area (Å²) in [5.41, 5.74) is 0. The second kappa shape index (κ2) is 6.44. The molecule has 1 fully saturated rings. The quantitative estimate of drug-likeness (QED) is 0.838. The highest BCUT2D eigenvalue weighted by molar-refractivity contribution is 5.74. The summed E-state index contributed by atoms with van der Waals surface area (Å²) in [6.45, 7) is 3.35. The summed E-state index contributed by atoms with van der Waals surface area (Å²) < 4.78 is 10.5. The van der Waals surface area contributed by atoms with Gasteiger partial charge in [-0.15, -0.1) is 0 Å². The van der Waals surface area contributed by atoms with E-state index in [1.165, 1.54) is 0 Å². The lowest BCUT2D eigenvalue weighted by molar-refractivity contribution is 0.188. The molecule has 0 aliphatic carbocycles. The Morgan fingerprint density at radius 1 is 1.61 bits per heavy atom. The van der Waals surface area contributed by atoms with Crippen LogP contribution in [0.2, 0.25) is 0 Å². The molecule has 5 heteroatoms. The van der Waals surface area contributed by atoms with Crippen molar-refractivity contribution in [1.29, 1.82) is 0 Å². The van der Waals surface area contributed by atoms with Gasteiger partial charge in [0.15, 0.2) is 0 Å². The molecule has 0 aromatic carbocycles. The molecule has 2 amide bonds. The van der Waals surface area contributed by atoms with Crippen molar-refractivity contribution in [3.63, 3.8) is 0 Å². The average molecular weight is 252 g/mol. The Labute approximate surface area is 107 Å². The second-order valence-electron chi connectivity index (χ2n) is 4.70. The van der Waals surface area contributed by atoms with Gasteiger partial charge in [0.2, 0.25) is 0 Å². The Hall–Kier alpha value is -1.49. The topological polar surface area (TPSA) is 63.5 Å². The molecule has 0 saturated carbocycles.